The second kappa shape index (κ2) is 5.04. The summed E-state index contributed by atoms with van der Waals surface area (Å²) in [6, 6.07) is 0.920. The SMILES string of the molecule is CC(C)n1nc(-c2cnc(N)c(C(F)(F)F)c2)nc1Br. The first-order valence-corrected chi connectivity index (χ1v) is 6.44. The molecule has 0 spiro atoms. The van der Waals surface area contributed by atoms with Gasteiger partial charge in [-0.25, -0.2) is 14.6 Å². The fourth-order valence-corrected chi connectivity index (χ4v) is 2.24. The van der Waals surface area contributed by atoms with Crippen LogP contribution >= 0.6 is 15.9 Å². The first-order valence-electron chi connectivity index (χ1n) is 5.65. The zero-order chi connectivity index (χ0) is 15.1. The Morgan fingerprint density at radius 1 is 1.35 bits per heavy atom. The number of alkyl halides is 3. The van der Waals surface area contributed by atoms with Gasteiger partial charge in [-0.15, -0.1) is 5.10 Å². The molecule has 0 aliphatic carbocycles. The molecular weight excluding hydrogens is 339 g/mol. The predicted molar refractivity (Wildman–Crippen MR) is 70.8 cm³/mol. The largest absolute Gasteiger partial charge is 0.419 e. The van der Waals surface area contributed by atoms with Gasteiger partial charge < -0.3 is 5.73 Å². The molecule has 5 nitrogen and oxygen atoms in total. The molecule has 0 atom stereocenters. The monoisotopic (exact) mass is 349 g/mol. The van der Waals surface area contributed by atoms with Crippen LogP contribution in [0.25, 0.3) is 11.4 Å². The van der Waals surface area contributed by atoms with Gasteiger partial charge >= 0.3 is 6.18 Å². The topological polar surface area (TPSA) is 69.6 Å². The second-order valence-corrected chi connectivity index (χ2v) is 5.11. The highest BCUT2D eigenvalue weighted by Crippen LogP contribution is 2.34. The first-order chi connectivity index (χ1) is 9.20. The third-order valence-electron chi connectivity index (χ3n) is 2.56. The van der Waals surface area contributed by atoms with Gasteiger partial charge in [-0.2, -0.15) is 13.2 Å². The number of aromatic nitrogens is 4. The molecule has 0 radical (unpaired) electrons. The highest BCUT2D eigenvalue weighted by molar-refractivity contribution is 9.10. The lowest BCUT2D eigenvalue weighted by Gasteiger charge is -2.09. The molecular formula is C11H11BrF3N5. The van der Waals surface area contributed by atoms with E-state index in [-0.39, 0.29) is 17.4 Å². The lowest BCUT2D eigenvalue weighted by Crippen LogP contribution is -2.10. The summed E-state index contributed by atoms with van der Waals surface area (Å²) >= 11 is 3.21. The highest BCUT2D eigenvalue weighted by atomic mass is 79.9. The molecule has 0 unspecified atom stereocenters. The molecule has 0 amide bonds. The van der Waals surface area contributed by atoms with Crippen LogP contribution in [0.5, 0.6) is 0 Å². The van der Waals surface area contributed by atoms with E-state index in [1.54, 1.807) is 4.68 Å². The van der Waals surface area contributed by atoms with Crippen LogP contribution in [-0.2, 0) is 6.18 Å². The molecule has 0 fully saturated rings. The van der Waals surface area contributed by atoms with E-state index in [4.69, 9.17) is 5.73 Å². The van der Waals surface area contributed by atoms with E-state index in [9.17, 15) is 13.2 Å². The van der Waals surface area contributed by atoms with Crippen molar-refractivity contribution < 1.29 is 13.2 Å². The molecule has 0 saturated carbocycles. The Balaban J connectivity index is 2.51. The summed E-state index contributed by atoms with van der Waals surface area (Å²) in [5.41, 5.74) is 4.42. The summed E-state index contributed by atoms with van der Waals surface area (Å²) < 4.78 is 40.3. The molecule has 2 N–H and O–H groups in total. The van der Waals surface area contributed by atoms with E-state index in [1.807, 2.05) is 13.8 Å². The van der Waals surface area contributed by atoms with Crippen LogP contribution in [-0.4, -0.2) is 19.7 Å². The standard InChI is InChI=1S/C11H11BrF3N5/c1-5(2)20-10(12)18-9(19-20)6-3-7(11(13,14)15)8(16)17-4-6/h3-5H,1-2H3,(H2,16,17). The van der Waals surface area contributed by atoms with Crippen LogP contribution in [0.4, 0.5) is 19.0 Å². The zero-order valence-corrected chi connectivity index (χ0v) is 12.2. The van der Waals surface area contributed by atoms with Crippen molar-refractivity contribution in [2.24, 2.45) is 0 Å². The zero-order valence-electron chi connectivity index (χ0n) is 10.6. The van der Waals surface area contributed by atoms with Crippen LogP contribution in [0.2, 0.25) is 0 Å². The Hall–Kier alpha value is -1.64. The number of anilines is 1. The van der Waals surface area contributed by atoms with E-state index in [2.05, 4.69) is 31.0 Å². The van der Waals surface area contributed by atoms with Gasteiger partial charge in [-0.3, -0.25) is 0 Å². The highest BCUT2D eigenvalue weighted by Gasteiger charge is 2.34. The van der Waals surface area contributed by atoms with Crippen molar-refractivity contribution in [3.63, 3.8) is 0 Å². The molecule has 9 heteroatoms. The summed E-state index contributed by atoms with van der Waals surface area (Å²) in [7, 11) is 0. The average molecular weight is 350 g/mol. The molecule has 0 aliphatic heterocycles. The molecule has 2 rings (SSSR count). The minimum atomic E-state index is -4.56. The summed E-state index contributed by atoms with van der Waals surface area (Å²) in [6.07, 6.45) is -3.35. The van der Waals surface area contributed by atoms with Gasteiger partial charge in [0.15, 0.2) is 10.6 Å². The van der Waals surface area contributed by atoms with E-state index in [1.165, 1.54) is 6.20 Å². The molecule has 2 heterocycles. The molecule has 108 valence electrons. The van der Waals surface area contributed by atoms with Crippen LogP contribution in [0.15, 0.2) is 17.0 Å². The maximum absolute atomic E-state index is 12.8. The number of nitrogens with zero attached hydrogens (tertiary/aromatic N) is 4. The van der Waals surface area contributed by atoms with Crippen molar-refractivity contribution in [1.29, 1.82) is 0 Å². The number of halogens is 4. The number of nitrogens with two attached hydrogens (primary N) is 1. The summed E-state index contributed by atoms with van der Waals surface area (Å²) in [6.45, 7) is 3.76. The van der Waals surface area contributed by atoms with E-state index in [0.29, 0.717) is 4.73 Å². The average Bonchev–Trinajstić information content (AvgIpc) is 2.70. The molecule has 2 aromatic rings. The minimum absolute atomic E-state index is 0.0226. The van der Waals surface area contributed by atoms with Crippen molar-refractivity contribution in [3.8, 4) is 11.4 Å². The maximum Gasteiger partial charge on any atom is 0.419 e. The van der Waals surface area contributed by atoms with Crippen molar-refractivity contribution in [2.45, 2.75) is 26.1 Å². The van der Waals surface area contributed by atoms with E-state index in [0.717, 1.165) is 6.07 Å². The van der Waals surface area contributed by atoms with Crippen LogP contribution in [0.1, 0.15) is 25.5 Å². The van der Waals surface area contributed by atoms with Gasteiger partial charge in [0.05, 0.1) is 5.56 Å². The first kappa shape index (κ1) is 14.8. The minimum Gasteiger partial charge on any atom is -0.383 e. The number of pyridine rings is 1. The Morgan fingerprint density at radius 3 is 2.50 bits per heavy atom. The molecule has 0 aliphatic rings. The number of hydrogen-bond acceptors (Lipinski definition) is 4. The van der Waals surface area contributed by atoms with Gasteiger partial charge in [0.25, 0.3) is 0 Å². The maximum atomic E-state index is 12.8. The lowest BCUT2D eigenvalue weighted by atomic mass is 10.1. The third-order valence-corrected chi connectivity index (χ3v) is 3.10. The van der Waals surface area contributed by atoms with E-state index < -0.39 is 17.6 Å². The smallest absolute Gasteiger partial charge is 0.383 e. The fourth-order valence-electron chi connectivity index (χ4n) is 1.58. The predicted octanol–water partition coefficient (Wildman–Crippen LogP) is 3.28. The Morgan fingerprint density at radius 2 is 2.00 bits per heavy atom. The van der Waals surface area contributed by atoms with Crippen molar-refractivity contribution >= 4 is 21.7 Å². The summed E-state index contributed by atoms with van der Waals surface area (Å²) in [5, 5.41) is 4.14. The van der Waals surface area contributed by atoms with Gasteiger partial charge in [-0.1, -0.05) is 0 Å². The van der Waals surface area contributed by atoms with Crippen molar-refractivity contribution in [1.82, 2.24) is 19.7 Å². The normalized spacial score (nSPS) is 12.2. The Labute approximate surface area is 121 Å². The fraction of sp³-hybridized carbons (Fsp3) is 0.364. The molecule has 20 heavy (non-hydrogen) atoms. The Bertz CT molecular complexity index is 635. The van der Waals surface area contributed by atoms with Crippen LogP contribution < -0.4 is 5.73 Å². The molecule has 0 saturated heterocycles. The number of rotatable bonds is 2. The molecule has 2 aromatic heterocycles. The van der Waals surface area contributed by atoms with Crippen molar-refractivity contribution in [3.05, 3.63) is 22.6 Å². The summed E-state index contributed by atoms with van der Waals surface area (Å²) in [4.78, 5) is 7.63. The number of hydrogen-bond donors (Lipinski definition) is 1. The van der Waals surface area contributed by atoms with Crippen molar-refractivity contribution in [2.75, 3.05) is 5.73 Å². The molecule has 0 bridgehead atoms. The van der Waals surface area contributed by atoms with Crippen LogP contribution in [0.3, 0.4) is 0 Å². The Kier molecular flexibility index (Phi) is 3.72. The summed E-state index contributed by atoms with van der Waals surface area (Å²) in [5.74, 6) is -0.410. The van der Waals surface area contributed by atoms with Gasteiger partial charge in [0, 0.05) is 17.8 Å². The van der Waals surface area contributed by atoms with Gasteiger partial charge in [0.2, 0.25) is 0 Å². The molecule has 0 aromatic carbocycles. The quantitative estimate of drug-likeness (QED) is 0.903. The third kappa shape index (κ3) is 2.77. The van der Waals surface area contributed by atoms with Gasteiger partial charge in [-0.05, 0) is 35.8 Å². The van der Waals surface area contributed by atoms with Gasteiger partial charge in [0.1, 0.15) is 5.82 Å². The second-order valence-electron chi connectivity index (χ2n) is 4.40. The van der Waals surface area contributed by atoms with E-state index >= 15 is 0 Å². The number of nitrogen functional groups attached to an aromatic ring is 1. The van der Waals surface area contributed by atoms with Crippen LogP contribution in [0, 0.1) is 0 Å². The lowest BCUT2D eigenvalue weighted by molar-refractivity contribution is -0.137.